The SMILES string of the molecule is Nc1cccc(Sc2ccccc2Br)c1[N+](=O)[O-]. The number of halogens is 1. The molecule has 2 rings (SSSR count). The van der Waals surface area contributed by atoms with Crippen molar-refractivity contribution in [1.29, 1.82) is 0 Å². The lowest BCUT2D eigenvalue weighted by molar-refractivity contribution is -0.386. The number of hydrogen-bond donors (Lipinski definition) is 1. The number of nitrogens with zero attached hydrogens (tertiary/aromatic N) is 1. The van der Waals surface area contributed by atoms with Crippen molar-refractivity contribution in [2.45, 2.75) is 9.79 Å². The number of nitro benzene ring substituents is 1. The largest absolute Gasteiger partial charge is 0.393 e. The van der Waals surface area contributed by atoms with Gasteiger partial charge in [0, 0.05) is 9.37 Å². The maximum absolute atomic E-state index is 11.0. The van der Waals surface area contributed by atoms with E-state index < -0.39 is 4.92 Å². The van der Waals surface area contributed by atoms with E-state index in [4.69, 9.17) is 5.73 Å². The zero-order valence-corrected chi connectivity index (χ0v) is 11.6. The third kappa shape index (κ3) is 2.65. The van der Waals surface area contributed by atoms with E-state index in [2.05, 4.69) is 15.9 Å². The number of hydrogen-bond acceptors (Lipinski definition) is 4. The van der Waals surface area contributed by atoms with Gasteiger partial charge in [0.2, 0.25) is 0 Å². The Morgan fingerprint density at radius 2 is 1.78 bits per heavy atom. The summed E-state index contributed by atoms with van der Waals surface area (Å²) in [6, 6.07) is 12.5. The highest BCUT2D eigenvalue weighted by atomic mass is 79.9. The van der Waals surface area contributed by atoms with Gasteiger partial charge in [-0.1, -0.05) is 30.0 Å². The number of rotatable bonds is 3. The molecule has 92 valence electrons. The molecule has 2 aromatic rings. The van der Waals surface area contributed by atoms with E-state index in [1.807, 2.05) is 24.3 Å². The minimum Gasteiger partial charge on any atom is -0.393 e. The van der Waals surface area contributed by atoms with Crippen LogP contribution in [0.5, 0.6) is 0 Å². The molecule has 0 aliphatic carbocycles. The molecule has 0 radical (unpaired) electrons. The van der Waals surface area contributed by atoms with Crippen molar-refractivity contribution in [2.75, 3.05) is 5.73 Å². The second kappa shape index (κ2) is 5.41. The van der Waals surface area contributed by atoms with Gasteiger partial charge in [-0.05, 0) is 40.2 Å². The second-order valence-electron chi connectivity index (χ2n) is 3.48. The fourth-order valence-corrected chi connectivity index (χ4v) is 2.98. The van der Waals surface area contributed by atoms with Crippen LogP contribution in [-0.4, -0.2) is 4.92 Å². The highest BCUT2D eigenvalue weighted by Crippen LogP contribution is 2.40. The van der Waals surface area contributed by atoms with Crippen LogP contribution in [0.1, 0.15) is 0 Å². The normalized spacial score (nSPS) is 10.3. The van der Waals surface area contributed by atoms with Crippen LogP contribution in [0.4, 0.5) is 11.4 Å². The summed E-state index contributed by atoms with van der Waals surface area (Å²) in [5.41, 5.74) is 5.78. The van der Waals surface area contributed by atoms with Crippen LogP contribution >= 0.6 is 27.7 Å². The molecule has 0 saturated heterocycles. The van der Waals surface area contributed by atoms with Crippen molar-refractivity contribution in [3.8, 4) is 0 Å². The van der Waals surface area contributed by atoms with Gasteiger partial charge in [-0.3, -0.25) is 10.1 Å². The van der Waals surface area contributed by atoms with Gasteiger partial charge in [0.15, 0.2) is 0 Å². The van der Waals surface area contributed by atoms with E-state index in [1.165, 1.54) is 17.8 Å². The summed E-state index contributed by atoms with van der Waals surface area (Å²) in [6.45, 7) is 0. The summed E-state index contributed by atoms with van der Waals surface area (Å²) in [6.07, 6.45) is 0. The van der Waals surface area contributed by atoms with Gasteiger partial charge in [0.05, 0.1) is 9.82 Å². The predicted molar refractivity (Wildman–Crippen MR) is 75.8 cm³/mol. The monoisotopic (exact) mass is 324 g/mol. The quantitative estimate of drug-likeness (QED) is 0.524. The summed E-state index contributed by atoms with van der Waals surface area (Å²) in [5, 5.41) is 11.0. The smallest absolute Gasteiger partial charge is 0.305 e. The van der Waals surface area contributed by atoms with E-state index in [0.717, 1.165) is 9.37 Å². The molecule has 18 heavy (non-hydrogen) atoms. The van der Waals surface area contributed by atoms with Crippen molar-refractivity contribution in [3.05, 3.63) is 57.1 Å². The van der Waals surface area contributed by atoms with E-state index in [1.54, 1.807) is 12.1 Å². The fourth-order valence-electron chi connectivity index (χ4n) is 1.46. The Morgan fingerprint density at radius 1 is 1.11 bits per heavy atom. The van der Waals surface area contributed by atoms with Gasteiger partial charge in [0.25, 0.3) is 0 Å². The van der Waals surface area contributed by atoms with Gasteiger partial charge in [-0.2, -0.15) is 0 Å². The minimum atomic E-state index is -0.450. The van der Waals surface area contributed by atoms with E-state index in [9.17, 15) is 10.1 Å². The maximum atomic E-state index is 11.0. The molecule has 0 heterocycles. The van der Waals surface area contributed by atoms with E-state index >= 15 is 0 Å². The Morgan fingerprint density at radius 3 is 2.44 bits per heavy atom. The van der Waals surface area contributed by atoms with Crippen molar-refractivity contribution in [2.24, 2.45) is 0 Å². The molecule has 0 bridgehead atoms. The molecule has 0 amide bonds. The highest BCUT2D eigenvalue weighted by molar-refractivity contribution is 9.10. The van der Waals surface area contributed by atoms with Crippen LogP contribution in [-0.2, 0) is 0 Å². The first-order valence-corrected chi connectivity index (χ1v) is 6.66. The van der Waals surface area contributed by atoms with Crippen molar-refractivity contribution < 1.29 is 4.92 Å². The molecule has 0 atom stereocenters. The minimum absolute atomic E-state index is 0.0433. The molecule has 0 fully saturated rings. The second-order valence-corrected chi connectivity index (χ2v) is 5.42. The molecule has 4 nitrogen and oxygen atoms in total. The third-order valence-corrected chi connectivity index (χ3v) is 4.35. The summed E-state index contributed by atoms with van der Waals surface area (Å²) in [5.74, 6) is 0. The van der Waals surface area contributed by atoms with Crippen LogP contribution in [0.15, 0.2) is 56.7 Å². The van der Waals surface area contributed by atoms with Gasteiger partial charge < -0.3 is 5.73 Å². The topological polar surface area (TPSA) is 69.2 Å². The molecular weight excluding hydrogens is 316 g/mol. The Labute approximate surface area is 116 Å². The van der Waals surface area contributed by atoms with Gasteiger partial charge >= 0.3 is 5.69 Å². The molecule has 0 saturated carbocycles. The van der Waals surface area contributed by atoms with Crippen LogP contribution in [0, 0.1) is 10.1 Å². The molecule has 2 aromatic carbocycles. The number of nitrogen functional groups attached to an aromatic ring is 1. The summed E-state index contributed by atoms with van der Waals surface area (Å²) in [7, 11) is 0. The average Bonchev–Trinajstić information content (AvgIpc) is 2.31. The molecule has 0 unspecified atom stereocenters. The van der Waals surface area contributed by atoms with Gasteiger partial charge in [-0.15, -0.1) is 0 Å². The van der Waals surface area contributed by atoms with E-state index in [0.29, 0.717) is 4.90 Å². The van der Waals surface area contributed by atoms with Crippen LogP contribution in [0.2, 0.25) is 0 Å². The van der Waals surface area contributed by atoms with E-state index in [-0.39, 0.29) is 11.4 Å². The van der Waals surface area contributed by atoms with Crippen LogP contribution < -0.4 is 5.73 Å². The Kier molecular flexibility index (Phi) is 3.88. The molecule has 0 aliphatic rings. The van der Waals surface area contributed by atoms with Crippen LogP contribution in [0.3, 0.4) is 0 Å². The van der Waals surface area contributed by atoms with Crippen molar-refractivity contribution >= 4 is 39.1 Å². The zero-order valence-electron chi connectivity index (χ0n) is 9.17. The lowest BCUT2D eigenvalue weighted by atomic mass is 10.3. The number of nitrogens with two attached hydrogens (primary N) is 1. The molecule has 0 aromatic heterocycles. The summed E-state index contributed by atoms with van der Waals surface area (Å²) >= 11 is 4.73. The molecule has 2 N–H and O–H groups in total. The summed E-state index contributed by atoms with van der Waals surface area (Å²) < 4.78 is 0.895. The van der Waals surface area contributed by atoms with Crippen molar-refractivity contribution in [1.82, 2.24) is 0 Å². The molecule has 0 spiro atoms. The first kappa shape index (κ1) is 12.9. The Hall–Kier alpha value is -1.53. The zero-order chi connectivity index (χ0) is 13.1. The highest BCUT2D eigenvalue weighted by Gasteiger charge is 2.18. The lowest BCUT2D eigenvalue weighted by Gasteiger charge is -2.06. The summed E-state index contributed by atoms with van der Waals surface area (Å²) in [4.78, 5) is 12.0. The number of anilines is 1. The third-order valence-electron chi connectivity index (χ3n) is 2.27. The molecular formula is C12H9BrN2O2S. The number of nitro groups is 1. The van der Waals surface area contributed by atoms with Gasteiger partial charge in [-0.25, -0.2) is 0 Å². The molecule has 0 aliphatic heterocycles. The fraction of sp³-hybridized carbons (Fsp3) is 0. The van der Waals surface area contributed by atoms with Gasteiger partial charge in [0.1, 0.15) is 5.69 Å². The first-order chi connectivity index (χ1) is 8.59. The van der Waals surface area contributed by atoms with Crippen molar-refractivity contribution in [3.63, 3.8) is 0 Å². The average molecular weight is 325 g/mol. The lowest BCUT2D eigenvalue weighted by Crippen LogP contribution is -1.97. The maximum Gasteiger partial charge on any atom is 0.305 e. The number of para-hydroxylation sites is 1. The van der Waals surface area contributed by atoms with Crippen LogP contribution in [0.25, 0.3) is 0 Å². The molecule has 6 heteroatoms. The first-order valence-electron chi connectivity index (χ1n) is 5.05. The Balaban J connectivity index is 2.44. The standard InChI is InChI=1S/C12H9BrN2O2S/c13-8-4-1-2-6-10(8)18-11-7-3-5-9(14)12(11)15(16)17/h1-7H,14H2. The Bertz CT molecular complexity index is 604. The predicted octanol–water partition coefficient (Wildman–Crippen LogP) is 4.09. The number of benzene rings is 2.